The molecule has 7 heteroatoms. The van der Waals surface area contributed by atoms with Crippen molar-refractivity contribution in [2.24, 2.45) is 5.92 Å². The van der Waals surface area contributed by atoms with Crippen LogP contribution in [0, 0.1) is 5.92 Å². The van der Waals surface area contributed by atoms with Gasteiger partial charge in [-0.15, -0.1) is 10.2 Å². The summed E-state index contributed by atoms with van der Waals surface area (Å²) in [5.74, 6) is -0.331. The molecule has 2 rings (SSSR count). The first-order valence-corrected chi connectivity index (χ1v) is 9.35. The Bertz CT molecular complexity index is 702. The smallest absolute Gasteiger partial charge is 0.249 e. The lowest BCUT2D eigenvalue weighted by Gasteiger charge is -2.22. The Balaban J connectivity index is 2.07. The third-order valence-corrected chi connectivity index (χ3v) is 4.85. The summed E-state index contributed by atoms with van der Waals surface area (Å²) in [7, 11) is 0. The molecule has 2 amide bonds. The molecule has 0 spiro atoms. The molecule has 0 aliphatic heterocycles. The monoisotopic (exact) mass is 360 g/mol. The molecular weight excluding hydrogens is 336 g/mol. The van der Waals surface area contributed by atoms with Crippen molar-refractivity contribution in [1.29, 1.82) is 0 Å². The van der Waals surface area contributed by atoms with E-state index in [0.717, 1.165) is 23.4 Å². The molecule has 2 atom stereocenters. The van der Waals surface area contributed by atoms with Crippen LogP contribution < -0.4 is 10.6 Å². The third-order valence-electron chi connectivity index (χ3n) is 3.96. The summed E-state index contributed by atoms with van der Waals surface area (Å²) in [5.41, 5.74) is 0.954. The predicted molar refractivity (Wildman–Crippen MR) is 100 cm³/mol. The maximum absolute atomic E-state index is 12.6. The molecule has 6 nitrogen and oxygen atoms in total. The summed E-state index contributed by atoms with van der Waals surface area (Å²) in [6, 6.07) is 9.10. The van der Waals surface area contributed by atoms with Gasteiger partial charge in [-0.05, 0) is 12.3 Å². The number of hydrogen-bond acceptors (Lipinski definition) is 5. The van der Waals surface area contributed by atoms with E-state index in [4.69, 9.17) is 0 Å². The second-order valence-corrected chi connectivity index (χ2v) is 6.93. The minimum absolute atomic E-state index is 0.0299. The van der Waals surface area contributed by atoms with E-state index >= 15 is 0 Å². The fourth-order valence-corrected chi connectivity index (χ4v) is 3.08. The van der Waals surface area contributed by atoms with Gasteiger partial charge in [-0.2, -0.15) is 0 Å². The standard InChI is InChI=1S/C18H24N4O2S/c1-4-9-14(23)19-15(12(3)5-2)16(24)20-18-22-21-17(25-18)13-10-7-6-8-11-13/h6-8,10-12,15H,4-5,9H2,1-3H3,(H,19,23)(H,20,22,24)/t12-,15-/m1/s1. The largest absolute Gasteiger partial charge is 0.344 e. The number of carbonyl (C=O) groups is 2. The molecule has 0 aliphatic rings. The highest BCUT2D eigenvalue weighted by atomic mass is 32.1. The molecule has 2 N–H and O–H groups in total. The molecule has 1 aromatic heterocycles. The zero-order valence-corrected chi connectivity index (χ0v) is 15.6. The molecule has 0 unspecified atom stereocenters. The first-order chi connectivity index (χ1) is 12.0. The Morgan fingerprint density at radius 3 is 2.52 bits per heavy atom. The van der Waals surface area contributed by atoms with E-state index in [1.807, 2.05) is 51.1 Å². The molecule has 0 saturated carbocycles. The second kappa shape index (κ2) is 9.27. The lowest BCUT2D eigenvalue weighted by atomic mass is 9.98. The van der Waals surface area contributed by atoms with Crippen molar-refractivity contribution in [1.82, 2.24) is 15.5 Å². The van der Waals surface area contributed by atoms with Crippen LogP contribution in [0.3, 0.4) is 0 Å². The molecular formula is C18H24N4O2S. The van der Waals surface area contributed by atoms with E-state index in [-0.39, 0.29) is 17.7 Å². The minimum Gasteiger partial charge on any atom is -0.344 e. The second-order valence-electron chi connectivity index (χ2n) is 5.95. The van der Waals surface area contributed by atoms with Crippen LogP contribution in [0.25, 0.3) is 10.6 Å². The van der Waals surface area contributed by atoms with E-state index < -0.39 is 6.04 Å². The maximum Gasteiger partial charge on any atom is 0.249 e. The number of carbonyl (C=O) groups excluding carboxylic acids is 2. The van der Waals surface area contributed by atoms with Crippen molar-refractivity contribution in [3.8, 4) is 10.6 Å². The summed E-state index contributed by atoms with van der Waals surface area (Å²) in [6.07, 6.45) is 1.95. The molecule has 25 heavy (non-hydrogen) atoms. The van der Waals surface area contributed by atoms with Crippen molar-refractivity contribution in [3.05, 3.63) is 30.3 Å². The van der Waals surface area contributed by atoms with Gasteiger partial charge < -0.3 is 5.32 Å². The number of nitrogens with zero attached hydrogens (tertiary/aromatic N) is 2. The van der Waals surface area contributed by atoms with Crippen molar-refractivity contribution in [2.75, 3.05) is 5.32 Å². The van der Waals surface area contributed by atoms with Crippen LogP contribution in [0.2, 0.25) is 0 Å². The van der Waals surface area contributed by atoms with Crippen LogP contribution in [0.15, 0.2) is 30.3 Å². The van der Waals surface area contributed by atoms with Crippen molar-refractivity contribution in [2.45, 2.75) is 46.1 Å². The number of amides is 2. The normalized spacial score (nSPS) is 13.1. The molecule has 1 aromatic carbocycles. The van der Waals surface area contributed by atoms with Crippen LogP contribution in [0.5, 0.6) is 0 Å². The molecule has 1 heterocycles. The highest BCUT2D eigenvalue weighted by molar-refractivity contribution is 7.18. The summed E-state index contributed by atoms with van der Waals surface area (Å²) in [6.45, 7) is 5.88. The number of aromatic nitrogens is 2. The van der Waals surface area contributed by atoms with Gasteiger partial charge in [0.15, 0.2) is 0 Å². The Hall–Kier alpha value is -2.28. The van der Waals surface area contributed by atoms with E-state index in [0.29, 0.717) is 11.6 Å². The van der Waals surface area contributed by atoms with Gasteiger partial charge in [0, 0.05) is 12.0 Å². The average molecular weight is 360 g/mol. The molecule has 2 aromatic rings. The zero-order valence-electron chi connectivity index (χ0n) is 14.8. The average Bonchev–Trinajstić information content (AvgIpc) is 3.08. The zero-order chi connectivity index (χ0) is 18.2. The lowest BCUT2D eigenvalue weighted by molar-refractivity contribution is -0.127. The van der Waals surface area contributed by atoms with Gasteiger partial charge >= 0.3 is 0 Å². The van der Waals surface area contributed by atoms with Gasteiger partial charge in [-0.25, -0.2) is 0 Å². The minimum atomic E-state index is -0.576. The number of anilines is 1. The Labute approximate surface area is 152 Å². The van der Waals surface area contributed by atoms with Gasteiger partial charge in [0.25, 0.3) is 0 Å². The van der Waals surface area contributed by atoms with Crippen molar-refractivity contribution < 1.29 is 9.59 Å². The summed E-state index contributed by atoms with van der Waals surface area (Å²) < 4.78 is 0. The van der Waals surface area contributed by atoms with E-state index in [1.54, 1.807) is 0 Å². The molecule has 0 bridgehead atoms. The van der Waals surface area contributed by atoms with E-state index in [9.17, 15) is 9.59 Å². The summed E-state index contributed by atoms with van der Waals surface area (Å²) >= 11 is 1.31. The third kappa shape index (κ3) is 5.35. The molecule has 0 aliphatic carbocycles. The van der Waals surface area contributed by atoms with E-state index in [2.05, 4.69) is 20.8 Å². The van der Waals surface area contributed by atoms with Crippen LogP contribution >= 0.6 is 11.3 Å². The van der Waals surface area contributed by atoms with Crippen LogP contribution in [0.4, 0.5) is 5.13 Å². The predicted octanol–water partition coefficient (Wildman–Crippen LogP) is 3.47. The molecule has 134 valence electrons. The highest BCUT2D eigenvalue weighted by Gasteiger charge is 2.26. The van der Waals surface area contributed by atoms with Crippen molar-refractivity contribution >= 4 is 28.3 Å². The number of rotatable bonds is 8. The van der Waals surface area contributed by atoms with Crippen LogP contribution in [-0.2, 0) is 9.59 Å². The molecule has 0 saturated heterocycles. The molecule has 0 radical (unpaired) electrons. The fraction of sp³-hybridized carbons (Fsp3) is 0.444. The van der Waals surface area contributed by atoms with Gasteiger partial charge in [0.05, 0.1) is 0 Å². The lowest BCUT2D eigenvalue weighted by Crippen LogP contribution is -2.47. The van der Waals surface area contributed by atoms with Gasteiger partial charge in [0.1, 0.15) is 11.0 Å². The van der Waals surface area contributed by atoms with Crippen LogP contribution in [0.1, 0.15) is 40.0 Å². The first kappa shape index (κ1) is 19.1. The fourth-order valence-electron chi connectivity index (χ4n) is 2.33. The van der Waals surface area contributed by atoms with Crippen molar-refractivity contribution in [3.63, 3.8) is 0 Å². The van der Waals surface area contributed by atoms with Gasteiger partial charge in [0.2, 0.25) is 16.9 Å². The number of hydrogen-bond donors (Lipinski definition) is 2. The number of nitrogens with one attached hydrogen (secondary N) is 2. The quantitative estimate of drug-likeness (QED) is 0.755. The maximum atomic E-state index is 12.6. The van der Waals surface area contributed by atoms with Gasteiger partial charge in [-0.1, -0.05) is 68.9 Å². The Morgan fingerprint density at radius 2 is 1.88 bits per heavy atom. The summed E-state index contributed by atoms with van der Waals surface area (Å²) in [4.78, 5) is 24.5. The Kier molecular flexibility index (Phi) is 7.06. The van der Waals surface area contributed by atoms with Gasteiger partial charge in [-0.3, -0.25) is 14.9 Å². The number of benzene rings is 1. The first-order valence-electron chi connectivity index (χ1n) is 8.54. The SMILES string of the molecule is CCCC(=O)N[C@@H](C(=O)Nc1nnc(-c2ccccc2)s1)[C@H](C)CC. The molecule has 0 fully saturated rings. The van der Waals surface area contributed by atoms with E-state index in [1.165, 1.54) is 11.3 Å². The summed E-state index contributed by atoms with van der Waals surface area (Å²) in [5, 5.41) is 15.0. The van der Waals surface area contributed by atoms with Crippen LogP contribution in [-0.4, -0.2) is 28.1 Å². The highest BCUT2D eigenvalue weighted by Crippen LogP contribution is 2.26. The Morgan fingerprint density at radius 1 is 1.16 bits per heavy atom. The topological polar surface area (TPSA) is 84.0 Å².